The molecule has 408 valence electrons. The van der Waals surface area contributed by atoms with Crippen LogP contribution in [0.4, 0.5) is 0 Å². The molecule has 0 radical (unpaired) electrons. The number of esters is 3. The smallest absolute Gasteiger partial charge is 0.462 e. The zero-order valence-electron chi connectivity index (χ0n) is 44.8. The number of aliphatic hydroxyl groups is 1. The van der Waals surface area contributed by atoms with Gasteiger partial charge in [0.05, 0.1) is 19.8 Å². The van der Waals surface area contributed by atoms with E-state index in [2.05, 4.69) is 142 Å². The van der Waals surface area contributed by atoms with Crippen molar-refractivity contribution in [2.24, 2.45) is 0 Å². The molecule has 0 saturated heterocycles. The molecule has 0 aliphatic carbocycles. The molecule has 0 rings (SSSR count). The molecule has 2 N–H and O–H groups in total. The molecule has 12 heteroatoms. The lowest BCUT2D eigenvalue weighted by atomic mass is 10.1. The summed E-state index contributed by atoms with van der Waals surface area (Å²) in [7, 11) is -4.77. The molecule has 0 aromatic rings. The van der Waals surface area contributed by atoms with Crippen LogP contribution >= 0.6 is 7.82 Å². The molecule has 0 saturated carbocycles. The fourth-order valence-electron chi connectivity index (χ4n) is 6.79. The van der Waals surface area contributed by atoms with E-state index >= 15 is 0 Å². The number of aliphatic hydroxyl groups excluding tert-OH is 1. The zero-order valence-corrected chi connectivity index (χ0v) is 45.7. The Morgan fingerprint density at radius 1 is 0.389 bits per heavy atom. The lowest BCUT2D eigenvalue weighted by molar-refractivity contribution is -0.161. The van der Waals surface area contributed by atoms with E-state index in [-0.39, 0.29) is 25.9 Å². The van der Waals surface area contributed by atoms with E-state index in [4.69, 9.17) is 23.3 Å². The highest BCUT2D eigenvalue weighted by molar-refractivity contribution is 7.47. The summed E-state index contributed by atoms with van der Waals surface area (Å²) >= 11 is 0. The van der Waals surface area contributed by atoms with Crippen LogP contribution in [0.15, 0.2) is 122 Å². The zero-order chi connectivity index (χ0) is 52.7. The summed E-state index contributed by atoms with van der Waals surface area (Å²) in [5.74, 6) is -1.57. The maximum absolute atomic E-state index is 12.9. The van der Waals surface area contributed by atoms with E-state index < -0.39 is 57.8 Å². The average Bonchev–Trinajstić information content (AvgIpc) is 3.37. The maximum Gasteiger partial charge on any atom is 0.472 e. The van der Waals surface area contributed by atoms with E-state index in [1.54, 1.807) is 0 Å². The van der Waals surface area contributed by atoms with Crippen LogP contribution in [0, 0.1) is 0 Å². The van der Waals surface area contributed by atoms with Crippen LogP contribution in [0.2, 0.25) is 0 Å². The topological polar surface area (TPSA) is 155 Å². The van der Waals surface area contributed by atoms with Gasteiger partial charge in [0.15, 0.2) is 6.10 Å². The summed E-state index contributed by atoms with van der Waals surface area (Å²) in [5.41, 5.74) is 0. The normalized spacial score (nSPS) is 14.3. The number of allylic oxidation sites excluding steroid dienone is 20. The number of carbonyl (C=O) groups excluding carboxylic acids is 3. The number of phosphoric acid groups is 1. The minimum Gasteiger partial charge on any atom is -0.462 e. The van der Waals surface area contributed by atoms with Crippen molar-refractivity contribution in [3.63, 3.8) is 0 Å². The molecule has 0 aromatic carbocycles. The number of carbonyl (C=O) groups is 3. The Hall–Kier alpha value is -4.12. The molecule has 0 bridgehead atoms. The van der Waals surface area contributed by atoms with Crippen LogP contribution in [-0.4, -0.2) is 66.5 Å². The Bertz CT molecular complexity index is 1670. The van der Waals surface area contributed by atoms with Crippen LogP contribution in [0.5, 0.6) is 0 Å². The maximum atomic E-state index is 12.9. The van der Waals surface area contributed by atoms with E-state index in [0.29, 0.717) is 19.3 Å². The molecule has 11 nitrogen and oxygen atoms in total. The molecule has 0 spiro atoms. The predicted molar refractivity (Wildman–Crippen MR) is 297 cm³/mol. The van der Waals surface area contributed by atoms with Crippen molar-refractivity contribution in [2.75, 3.05) is 26.4 Å². The Balaban J connectivity index is 4.83. The van der Waals surface area contributed by atoms with Gasteiger partial charge in [-0.3, -0.25) is 23.4 Å². The van der Waals surface area contributed by atoms with E-state index in [1.807, 2.05) is 0 Å². The van der Waals surface area contributed by atoms with Gasteiger partial charge in [-0.15, -0.1) is 0 Å². The first-order valence-corrected chi connectivity index (χ1v) is 28.9. The van der Waals surface area contributed by atoms with E-state index in [0.717, 1.165) is 141 Å². The Labute approximate surface area is 437 Å². The van der Waals surface area contributed by atoms with Gasteiger partial charge < -0.3 is 24.2 Å². The lowest BCUT2D eigenvalue weighted by Crippen LogP contribution is -2.30. The SMILES string of the molecule is CC/C=C\C/C=C\C/C=C\C/C=C\CCCCC(=O)OC(CO)COP(=O)(O)OCC(COC(=O)CCCCC/C=C\C/C=C\C/C=C\CC)OC(=O)CCCCCCCCC/C=C\C/C=C\C/C=C\CC. The number of hydrogen-bond donors (Lipinski definition) is 2. The number of hydrogen-bond acceptors (Lipinski definition) is 10. The summed E-state index contributed by atoms with van der Waals surface area (Å²) in [5, 5.41) is 9.79. The molecule has 0 aromatic heterocycles. The lowest BCUT2D eigenvalue weighted by Gasteiger charge is -2.21. The molecule has 3 unspecified atom stereocenters. The fourth-order valence-corrected chi connectivity index (χ4v) is 7.57. The highest BCUT2D eigenvalue weighted by Gasteiger charge is 2.28. The van der Waals surface area contributed by atoms with E-state index in [1.165, 1.54) is 0 Å². The summed E-state index contributed by atoms with van der Waals surface area (Å²) in [6.45, 7) is 4.18. The highest BCUT2D eigenvalue weighted by Crippen LogP contribution is 2.43. The molecular weight excluding hydrogens is 928 g/mol. The van der Waals surface area contributed by atoms with Crippen LogP contribution in [0.25, 0.3) is 0 Å². The van der Waals surface area contributed by atoms with Crippen molar-refractivity contribution in [3.8, 4) is 0 Å². The number of rotatable bonds is 49. The van der Waals surface area contributed by atoms with Crippen LogP contribution in [-0.2, 0) is 42.2 Å². The Morgan fingerprint density at radius 3 is 1.08 bits per heavy atom. The van der Waals surface area contributed by atoms with Gasteiger partial charge in [-0.05, 0) is 122 Å². The molecule has 0 aliphatic heterocycles. The Morgan fingerprint density at radius 2 is 0.681 bits per heavy atom. The van der Waals surface area contributed by atoms with Gasteiger partial charge >= 0.3 is 25.7 Å². The van der Waals surface area contributed by atoms with Crippen molar-refractivity contribution in [2.45, 2.75) is 213 Å². The van der Waals surface area contributed by atoms with Gasteiger partial charge in [-0.25, -0.2) is 4.57 Å². The number of phosphoric ester groups is 1. The first-order chi connectivity index (χ1) is 35.2. The fraction of sp³-hybridized carbons (Fsp3) is 0.617. The molecule has 0 fully saturated rings. The second-order valence-electron chi connectivity index (χ2n) is 17.6. The minimum atomic E-state index is -4.77. The summed E-state index contributed by atoms with van der Waals surface area (Å²) in [6, 6.07) is 0. The second-order valence-corrected chi connectivity index (χ2v) is 19.1. The van der Waals surface area contributed by atoms with Crippen LogP contribution < -0.4 is 0 Å². The van der Waals surface area contributed by atoms with E-state index in [9.17, 15) is 28.9 Å². The molecule has 0 heterocycles. The average molecular weight is 1030 g/mol. The summed E-state index contributed by atoms with van der Waals surface area (Å²) < 4.78 is 39.4. The van der Waals surface area contributed by atoms with Gasteiger partial charge in [-0.2, -0.15) is 0 Å². The van der Waals surface area contributed by atoms with Crippen molar-refractivity contribution in [3.05, 3.63) is 122 Å². The van der Waals surface area contributed by atoms with Gasteiger partial charge in [0.1, 0.15) is 12.7 Å². The van der Waals surface area contributed by atoms with Crippen molar-refractivity contribution in [1.29, 1.82) is 0 Å². The third-order valence-corrected chi connectivity index (χ3v) is 11.8. The summed E-state index contributed by atoms with van der Waals surface area (Å²) in [4.78, 5) is 48.4. The molecule has 3 atom stereocenters. The standard InChI is InChI=1S/C60H97O11P/c1-4-7-10-13-16-19-22-25-27-28-30-33-36-39-42-45-48-51-60(64)71-57(53-67-58(62)49-46-43-40-37-34-31-24-21-18-15-12-9-6-3)55-69-72(65,66)68-54-56(52-61)70-59(63)50-47-44-41-38-35-32-29-26-23-20-17-14-11-8-5-2/h7-12,16-21,25-27,29,31,34-35,38,56-57,61H,4-6,13-15,22-24,28,30,32-33,36-37,39-55H2,1-3H3,(H,65,66)/b10-7-,11-8-,12-9-,19-16-,20-17-,21-18-,27-25-,29-26-,34-31-,38-35-. The minimum absolute atomic E-state index is 0.116. The van der Waals surface area contributed by atoms with Gasteiger partial charge in [0, 0.05) is 19.3 Å². The van der Waals surface area contributed by atoms with Crippen LogP contribution in [0.3, 0.4) is 0 Å². The molecule has 72 heavy (non-hydrogen) atoms. The third kappa shape index (κ3) is 50.8. The third-order valence-electron chi connectivity index (χ3n) is 10.9. The van der Waals surface area contributed by atoms with Gasteiger partial charge in [0.25, 0.3) is 0 Å². The molecule has 0 aliphatic rings. The Kier molecular flexibility index (Phi) is 50.1. The number of ether oxygens (including phenoxy) is 3. The van der Waals surface area contributed by atoms with Crippen molar-refractivity contribution in [1.82, 2.24) is 0 Å². The number of unbranched alkanes of at least 4 members (excludes halogenated alkanes) is 12. The molecular formula is C60H97O11P. The largest absolute Gasteiger partial charge is 0.472 e. The van der Waals surface area contributed by atoms with Gasteiger partial charge in [-0.1, -0.05) is 181 Å². The monoisotopic (exact) mass is 1020 g/mol. The van der Waals surface area contributed by atoms with Gasteiger partial charge in [0.2, 0.25) is 0 Å². The first kappa shape index (κ1) is 67.9. The van der Waals surface area contributed by atoms with Crippen molar-refractivity contribution < 1.29 is 52.2 Å². The van der Waals surface area contributed by atoms with Crippen molar-refractivity contribution >= 4 is 25.7 Å². The predicted octanol–water partition coefficient (Wildman–Crippen LogP) is 16.0. The molecule has 0 amide bonds. The summed E-state index contributed by atoms with van der Waals surface area (Å²) in [6.07, 6.45) is 64.5. The second kappa shape index (κ2) is 53.2. The van der Waals surface area contributed by atoms with Crippen LogP contribution in [0.1, 0.15) is 201 Å². The highest BCUT2D eigenvalue weighted by atomic mass is 31.2. The first-order valence-electron chi connectivity index (χ1n) is 27.4. The quantitative estimate of drug-likeness (QED) is 0.0197.